The van der Waals surface area contributed by atoms with Crippen LogP contribution in [0.3, 0.4) is 0 Å². The lowest BCUT2D eigenvalue weighted by Crippen LogP contribution is -2.28. The smallest absolute Gasteiger partial charge is 0.269 e. The zero-order chi connectivity index (χ0) is 32.6. The summed E-state index contributed by atoms with van der Waals surface area (Å²) in [6, 6.07) is 12.4. The minimum atomic E-state index is -0.331. The summed E-state index contributed by atoms with van der Waals surface area (Å²) < 4.78 is 2.57. The van der Waals surface area contributed by atoms with Gasteiger partial charge in [-0.3, -0.25) is 10.1 Å². The van der Waals surface area contributed by atoms with Gasteiger partial charge in [0.1, 0.15) is 6.54 Å². The number of hydrogen-bond acceptors (Lipinski definition) is 3. The molecule has 0 N–H and O–H groups in total. The molecule has 0 saturated carbocycles. The normalized spacial score (nSPS) is 17.5. The average molecular weight is 613 g/mol. The third kappa shape index (κ3) is 7.79. The molecule has 0 fully saturated rings. The Kier molecular flexibility index (Phi) is 11.8. The van der Waals surface area contributed by atoms with E-state index in [0.717, 1.165) is 30.8 Å². The second kappa shape index (κ2) is 15.4. The van der Waals surface area contributed by atoms with Gasteiger partial charge in [-0.25, -0.2) is 0 Å². The van der Waals surface area contributed by atoms with Crippen molar-refractivity contribution in [1.82, 2.24) is 0 Å². The van der Waals surface area contributed by atoms with Crippen molar-refractivity contribution in [1.29, 1.82) is 0 Å². The van der Waals surface area contributed by atoms with Gasteiger partial charge in [0, 0.05) is 59.6 Å². The molecule has 2 aliphatic rings. The van der Waals surface area contributed by atoms with Gasteiger partial charge in [-0.15, -0.1) is 0 Å². The molecule has 45 heavy (non-hydrogen) atoms. The molecule has 0 radical (unpaired) electrons. The standard InChI is InChI=1S/C40H58N3O2/c1-8-10-12-14-16-18-27-41-35-25-23-31(3)29-33(35)39(4,5)37(41)21-20-22-38-40(6,7)34-30-32(43(44)45)24-26-36(34)42(38)28-19-17-15-13-11-9-2/h20-26,29-30H,8-19,27-28H2,1-7H3/q+1. The van der Waals surface area contributed by atoms with Gasteiger partial charge in [0.2, 0.25) is 5.69 Å². The van der Waals surface area contributed by atoms with E-state index in [1.165, 1.54) is 98.9 Å². The third-order valence-electron chi connectivity index (χ3n) is 10.1. The molecule has 0 aliphatic carbocycles. The van der Waals surface area contributed by atoms with Crippen LogP contribution >= 0.6 is 0 Å². The van der Waals surface area contributed by atoms with Crippen LogP contribution in [0.2, 0.25) is 0 Å². The number of nitro groups is 1. The summed E-state index contributed by atoms with van der Waals surface area (Å²) >= 11 is 0. The van der Waals surface area contributed by atoms with Gasteiger partial charge >= 0.3 is 0 Å². The highest BCUT2D eigenvalue weighted by molar-refractivity contribution is 6.03. The lowest BCUT2D eigenvalue weighted by atomic mass is 9.80. The quantitative estimate of drug-likeness (QED) is 0.0773. The average Bonchev–Trinajstić information content (AvgIpc) is 3.34. The first-order valence-corrected chi connectivity index (χ1v) is 17.7. The molecular formula is C40H58N3O2+. The fraction of sp³-hybridized carbons (Fsp3) is 0.575. The van der Waals surface area contributed by atoms with Gasteiger partial charge in [-0.05, 0) is 57.4 Å². The fourth-order valence-corrected chi connectivity index (χ4v) is 7.38. The lowest BCUT2D eigenvalue weighted by molar-refractivity contribution is -0.438. The molecule has 5 heteroatoms. The molecule has 2 aliphatic heterocycles. The van der Waals surface area contributed by atoms with E-state index in [1.54, 1.807) is 12.1 Å². The van der Waals surface area contributed by atoms with E-state index >= 15 is 0 Å². The maximum absolute atomic E-state index is 11.7. The lowest BCUT2D eigenvalue weighted by Gasteiger charge is -2.27. The van der Waals surface area contributed by atoms with Crippen LogP contribution in [0.25, 0.3) is 0 Å². The molecule has 2 heterocycles. The molecule has 0 atom stereocenters. The number of unbranched alkanes of at least 4 members (excludes halogenated alkanes) is 10. The minimum Gasteiger partial charge on any atom is -0.344 e. The fourth-order valence-electron chi connectivity index (χ4n) is 7.38. The first-order chi connectivity index (χ1) is 21.5. The number of non-ortho nitro benzene ring substituents is 1. The van der Waals surface area contributed by atoms with Gasteiger partial charge in [0.25, 0.3) is 5.69 Å². The minimum absolute atomic E-state index is 0.0918. The molecule has 4 rings (SSSR count). The van der Waals surface area contributed by atoms with E-state index < -0.39 is 0 Å². The number of hydrogen-bond donors (Lipinski definition) is 0. The summed E-state index contributed by atoms with van der Waals surface area (Å²) in [5, 5.41) is 11.7. The number of fused-ring (bicyclic) bond motifs is 2. The zero-order valence-electron chi connectivity index (χ0n) is 29.3. The Labute approximate surface area is 273 Å². The second-order valence-electron chi connectivity index (χ2n) is 14.4. The molecule has 2 aromatic rings. The Morgan fingerprint density at radius 3 is 2.11 bits per heavy atom. The monoisotopic (exact) mass is 612 g/mol. The van der Waals surface area contributed by atoms with Gasteiger partial charge in [0.05, 0.1) is 10.3 Å². The molecule has 0 bridgehead atoms. The summed E-state index contributed by atoms with van der Waals surface area (Å²) in [5.41, 5.74) is 8.52. The van der Waals surface area contributed by atoms with Gasteiger partial charge in [-0.1, -0.05) is 103 Å². The van der Waals surface area contributed by atoms with Crippen LogP contribution < -0.4 is 4.90 Å². The number of nitrogens with zero attached hydrogens (tertiary/aromatic N) is 3. The highest BCUT2D eigenvalue weighted by Crippen LogP contribution is 2.49. The van der Waals surface area contributed by atoms with E-state index in [2.05, 4.69) is 94.4 Å². The van der Waals surface area contributed by atoms with Crippen molar-refractivity contribution >= 4 is 22.8 Å². The van der Waals surface area contributed by atoms with Gasteiger partial charge in [-0.2, -0.15) is 4.58 Å². The predicted octanol–water partition coefficient (Wildman–Crippen LogP) is 11.2. The van der Waals surface area contributed by atoms with Crippen LogP contribution in [0.15, 0.2) is 60.3 Å². The van der Waals surface area contributed by atoms with Gasteiger partial charge < -0.3 is 4.90 Å². The molecule has 0 saturated heterocycles. The van der Waals surface area contributed by atoms with Crippen molar-refractivity contribution in [3.63, 3.8) is 0 Å². The number of anilines is 1. The molecule has 0 spiro atoms. The number of aryl methyl sites for hydroxylation is 1. The summed E-state index contributed by atoms with van der Waals surface area (Å²) in [6.45, 7) is 17.8. The maximum atomic E-state index is 11.7. The van der Waals surface area contributed by atoms with E-state index in [4.69, 9.17) is 0 Å². The van der Waals surface area contributed by atoms with Crippen molar-refractivity contribution in [2.75, 3.05) is 18.0 Å². The van der Waals surface area contributed by atoms with Crippen LogP contribution in [0.4, 0.5) is 17.1 Å². The van der Waals surface area contributed by atoms with Gasteiger partial charge in [0.15, 0.2) is 5.71 Å². The highest BCUT2D eigenvalue weighted by Gasteiger charge is 2.44. The number of allylic oxidation sites excluding steroid dienone is 4. The Bertz CT molecular complexity index is 1430. The summed E-state index contributed by atoms with van der Waals surface area (Å²) in [4.78, 5) is 13.9. The van der Waals surface area contributed by atoms with Crippen molar-refractivity contribution < 1.29 is 9.50 Å². The van der Waals surface area contributed by atoms with Crippen LogP contribution in [0.5, 0.6) is 0 Å². The van der Waals surface area contributed by atoms with Crippen LogP contribution in [0, 0.1) is 17.0 Å². The molecule has 5 nitrogen and oxygen atoms in total. The van der Waals surface area contributed by atoms with Crippen molar-refractivity contribution in [3.05, 3.63) is 87.1 Å². The molecule has 0 amide bonds. The zero-order valence-corrected chi connectivity index (χ0v) is 29.3. The SMILES string of the molecule is CCCCCCCCN1/C(=C\C=C/C2=[N+](CCCCCCCC)c3ccc(C)cc3C2(C)C)C(C)(C)c2cc([N+](=O)[O-])ccc21. The van der Waals surface area contributed by atoms with Crippen molar-refractivity contribution in [3.8, 4) is 0 Å². The van der Waals surface area contributed by atoms with Crippen molar-refractivity contribution in [2.24, 2.45) is 0 Å². The second-order valence-corrected chi connectivity index (χ2v) is 14.4. The number of benzene rings is 2. The Morgan fingerprint density at radius 2 is 1.44 bits per heavy atom. The third-order valence-corrected chi connectivity index (χ3v) is 10.1. The number of rotatable bonds is 17. The number of nitro benzene ring substituents is 1. The largest absolute Gasteiger partial charge is 0.344 e. The predicted molar refractivity (Wildman–Crippen MR) is 191 cm³/mol. The highest BCUT2D eigenvalue weighted by atomic mass is 16.6. The molecule has 0 aromatic heterocycles. The summed E-state index contributed by atoms with van der Waals surface area (Å²) in [5.74, 6) is 0. The van der Waals surface area contributed by atoms with Crippen LogP contribution in [-0.2, 0) is 10.8 Å². The topological polar surface area (TPSA) is 49.4 Å². The molecule has 244 valence electrons. The van der Waals surface area contributed by atoms with Crippen molar-refractivity contribution in [2.45, 2.75) is 136 Å². The van der Waals surface area contributed by atoms with E-state index in [9.17, 15) is 10.1 Å². The van der Waals surface area contributed by atoms with E-state index in [-0.39, 0.29) is 21.4 Å². The molecular weight excluding hydrogens is 554 g/mol. The Hall–Kier alpha value is -3.21. The molecule has 2 aromatic carbocycles. The van der Waals surface area contributed by atoms with E-state index in [0.29, 0.717) is 0 Å². The Morgan fingerprint density at radius 1 is 0.800 bits per heavy atom. The first kappa shape index (κ1) is 34.7. The first-order valence-electron chi connectivity index (χ1n) is 17.7. The molecule has 0 unspecified atom stereocenters. The summed E-state index contributed by atoms with van der Waals surface area (Å²) in [7, 11) is 0. The van der Waals surface area contributed by atoms with Crippen LogP contribution in [-0.4, -0.2) is 28.3 Å². The maximum Gasteiger partial charge on any atom is 0.269 e. The Balaban J connectivity index is 1.66. The van der Waals surface area contributed by atoms with Crippen LogP contribution in [0.1, 0.15) is 135 Å². The van der Waals surface area contributed by atoms with E-state index in [1.807, 2.05) is 6.07 Å². The summed E-state index contributed by atoms with van der Waals surface area (Å²) in [6.07, 6.45) is 22.0.